The van der Waals surface area contributed by atoms with E-state index in [1.165, 1.54) is 48.5 Å². The molecule has 0 spiro atoms. The number of nitrogens with zero attached hydrogens (tertiary/aromatic N) is 3. The van der Waals surface area contributed by atoms with Gasteiger partial charge in [0.15, 0.2) is 0 Å². The van der Waals surface area contributed by atoms with Crippen LogP contribution in [-0.2, 0) is 20.2 Å². The fourth-order valence-electron chi connectivity index (χ4n) is 2.77. The molecule has 0 bridgehead atoms. The molecule has 0 saturated heterocycles. The van der Waals surface area contributed by atoms with Gasteiger partial charge in [-0.2, -0.15) is 27.1 Å². The zero-order chi connectivity index (χ0) is 21.9. The maximum absolute atomic E-state index is 11.3. The summed E-state index contributed by atoms with van der Waals surface area (Å²) >= 11 is 0. The molecule has 11 heteroatoms. The van der Waals surface area contributed by atoms with Crippen LogP contribution in [0, 0.1) is 0 Å². The summed E-state index contributed by atoms with van der Waals surface area (Å²) in [4.78, 5) is 1.22. The third-order valence-corrected chi connectivity index (χ3v) is 5.84. The summed E-state index contributed by atoms with van der Waals surface area (Å²) in [7, 11) is -7.14. The Bertz CT molecular complexity index is 1190. The van der Waals surface area contributed by atoms with Crippen LogP contribution in [-0.4, -0.2) is 33.0 Å². The lowest BCUT2D eigenvalue weighted by Crippen LogP contribution is -2.10. The summed E-state index contributed by atoms with van der Waals surface area (Å²) in [6.07, 6.45) is 0. The Morgan fingerprint density at radius 1 is 0.633 bits per heavy atom. The molecule has 0 atom stereocenters. The molecule has 30 heavy (non-hydrogen) atoms. The van der Waals surface area contributed by atoms with Gasteiger partial charge in [-0.3, -0.25) is 9.11 Å². The van der Waals surface area contributed by atoms with E-state index < -0.39 is 20.2 Å². The summed E-state index contributed by atoms with van der Waals surface area (Å²) in [5.74, 6) is 0. The third-order valence-electron chi connectivity index (χ3n) is 4.11. The molecule has 3 aromatic carbocycles. The number of hydrogen-bond donors (Lipinski definition) is 2. The normalized spacial score (nSPS) is 12.2. The Morgan fingerprint density at radius 2 is 0.967 bits per heavy atom. The molecule has 3 rings (SSSR count). The summed E-state index contributed by atoms with van der Waals surface area (Å²) in [6.45, 7) is 0. The van der Waals surface area contributed by atoms with Crippen LogP contribution in [0.5, 0.6) is 0 Å². The zero-order valence-corrected chi connectivity index (χ0v) is 17.2. The maximum atomic E-state index is 11.3. The minimum Gasteiger partial charge on any atom is -0.311 e. The quantitative estimate of drug-likeness (QED) is 0.423. The zero-order valence-electron chi connectivity index (χ0n) is 15.6. The van der Waals surface area contributed by atoms with Crippen molar-refractivity contribution in [1.82, 2.24) is 0 Å². The van der Waals surface area contributed by atoms with Gasteiger partial charge in [-0.15, -0.1) is 0 Å². The SMILES string of the molecule is CN=Nc1ccc(N(c2ccc(S(=O)(=O)O)cc2)c2ccc(S(=O)(=O)O)cc2)cc1. The highest BCUT2D eigenvalue weighted by Gasteiger charge is 2.16. The second-order valence-electron chi connectivity index (χ2n) is 6.09. The Balaban J connectivity index is 2.11. The fraction of sp³-hybridized carbons (Fsp3) is 0.0526. The average molecular weight is 447 g/mol. The van der Waals surface area contributed by atoms with Gasteiger partial charge in [0.25, 0.3) is 20.2 Å². The fourth-order valence-corrected chi connectivity index (χ4v) is 3.73. The van der Waals surface area contributed by atoms with Crippen molar-refractivity contribution in [3.63, 3.8) is 0 Å². The van der Waals surface area contributed by atoms with Crippen LogP contribution in [0.1, 0.15) is 0 Å². The largest absolute Gasteiger partial charge is 0.311 e. The van der Waals surface area contributed by atoms with E-state index in [0.717, 1.165) is 0 Å². The molecule has 0 saturated carbocycles. The van der Waals surface area contributed by atoms with E-state index in [1.807, 2.05) is 0 Å². The van der Waals surface area contributed by atoms with Gasteiger partial charge in [0.1, 0.15) is 0 Å². The summed E-state index contributed by atoms with van der Waals surface area (Å²) in [5.41, 5.74) is 2.40. The van der Waals surface area contributed by atoms with Crippen molar-refractivity contribution in [2.24, 2.45) is 10.2 Å². The van der Waals surface area contributed by atoms with Crippen molar-refractivity contribution in [3.05, 3.63) is 72.8 Å². The molecule has 0 amide bonds. The highest BCUT2D eigenvalue weighted by molar-refractivity contribution is 7.86. The summed E-state index contributed by atoms with van der Waals surface area (Å²) in [6, 6.07) is 18.0. The highest BCUT2D eigenvalue weighted by atomic mass is 32.2. The van der Waals surface area contributed by atoms with E-state index in [2.05, 4.69) is 10.2 Å². The molecule has 0 aliphatic rings. The Labute approximate surface area is 173 Å². The van der Waals surface area contributed by atoms with Gasteiger partial charge in [0.2, 0.25) is 0 Å². The second-order valence-corrected chi connectivity index (χ2v) is 8.93. The van der Waals surface area contributed by atoms with E-state index in [-0.39, 0.29) is 9.79 Å². The van der Waals surface area contributed by atoms with Gasteiger partial charge in [-0.25, -0.2) is 0 Å². The van der Waals surface area contributed by atoms with Crippen LogP contribution in [0.15, 0.2) is 92.8 Å². The van der Waals surface area contributed by atoms with Gasteiger partial charge in [-0.1, -0.05) is 0 Å². The van der Waals surface area contributed by atoms with Crippen LogP contribution in [0.3, 0.4) is 0 Å². The molecule has 0 unspecified atom stereocenters. The Kier molecular flexibility index (Phi) is 5.99. The molecule has 2 N–H and O–H groups in total. The smallest absolute Gasteiger partial charge is 0.294 e. The average Bonchev–Trinajstić information content (AvgIpc) is 2.69. The molecule has 156 valence electrons. The van der Waals surface area contributed by atoms with Crippen molar-refractivity contribution in [2.75, 3.05) is 11.9 Å². The molecule has 0 aliphatic carbocycles. The highest BCUT2D eigenvalue weighted by Crippen LogP contribution is 2.36. The molecular weight excluding hydrogens is 430 g/mol. The lowest BCUT2D eigenvalue weighted by Gasteiger charge is -2.25. The third kappa shape index (κ3) is 4.89. The number of hydrogen-bond acceptors (Lipinski definition) is 7. The predicted molar refractivity (Wildman–Crippen MR) is 111 cm³/mol. The van der Waals surface area contributed by atoms with Crippen molar-refractivity contribution >= 4 is 43.0 Å². The van der Waals surface area contributed by atoms with Crippen LogP contribution < -0.4 is 4.90 Å². The molecule has 0 fully saturated rings. The van der Waals surface area contributed by atoms with Crippen molar-refractivity contribution < 1.29 is 25.9 Å². The molecule has 0 aliphatic heterocycles. The van der Waals surface area contributed by atoms with E-state index in [0.29, 0.717) is 22.7 Å². The minimum absolute atomic E-state index is 0.258. The van der Waals surface area contributed by atoms with Gasteiger partial charge in [-0.05, 0) is 72.8 Å². The van der Waals surface area contributed by atoms with Crippen LogP contribution in [0.2, 0.25) is 0 Å². The maximum Gasteiger partial charge on any atom is 0.294 e. The van der Waals surface area contributed by atoms with Crippen LogP contribution in [0.4, 0.5) is 22.7 Å². The first kappa shape index (κ1) is 21.6. The molecule has 0 heterocycles. The summed E-state index contributed by atoms with van der Waals surface area (Å²) in [5, 5.41) is 7.66. The summed E-state index contributed by atoms with van der Waals surface area (Å²) < 4.78 is 63.7. The van der Waals surface area contributed by atoms with Gasteiger partial charge in [0, 0.05) is 24.1 Å². The molecular formula is C19H17N3O6S2. The van der Waals surface area contributed by atoms with Crippen molar-refractivity contribution in [1.29, 1.82) is 0 Å². The minimum atomic E-state index is -4.34. The molecule has 0 radical (unpaired) electrons. The first-order valence-corrected chi connectivity index (χ1v) is 11.3. The standard InChI is InChI=1S/C19H17N3O6S2/c1-20-21-14-2-4-15(5-3-14)22(16-6-10-18(11-7-16)29(23,24)25)17-8-12-19(13-9-17)30(26,27)28/h2-13H,1H3,(H,23,24,25)(H,26,27,28). The molecule has 9 nitrogen and oxygen atoms in total. The number of anilines is 3. The van der Waals surface area contributed by atoms with Gasteiger partial charge in [0.05, 0.1) is 15.5 Å². The van der Waals surface area contributed by atoms with Crippen molar-refractivity contribution in [3.8, 4) is 0 Å². The van der Waals surface area contributed by atoms with Crippen molar-refractivity contribution in [2.45, 2.75) is 9.79 Å². The first-order valence-electron chi connectivity index (χ1n) is 8.45. The lowest BCUT2D eigenvalue weighted by molar-refractivity contribution is 0.481. The van der Waals surface area contributed by atoms with Gasteiger partial charge >= 0.3 is 0 Å². The molecule has 0 aromatic heterocycles. The van der Waals surface area contributed by atoms with Crippen LogP contribution in [0.25, 0.3) is 0 Å². The Hall–Kier alpha value is -3.12. The Morgan fingerprint density at radius 3 is 1.27 bits per heavy atom. The van der Waals surface area contributed by atoms with E-state index in [1.54, 1.807) is 36.2 Å². The number of rotatable bonds is 6. The monoisotopic (exact) mass is 447 g/mol. The number of azo groups is 1. The first-order chi connectivity index (χ1) is 14.1. The van der Waals surface area contributed by atoms with Gasteiger partial charge < -0.3 is 4.90 Å². The lowest BCUT2D eigenvalue weighted by atomic mass is 10.2. The van der Waals surface area contributed by atoms with E-state index in [9.17, 15) is 25.9 Å². The van der Waals surface area contributed by atoms with E-state index in [4.69, 9.17) is 0 Å². The topological polar surface area (TPSA) is 137 Å². The van der Waals surface area contributed by atoms with E-state index >= 15 is 0 Å². The predicted octanol–water partition coefficient (Wildman–Crippen LogP) is 4.36. The number of benzene rings is 3. The molecule has 3 aromatic rings. The second kappa shape index (κ2) is 8.32. The van der Waals surface area contributed by atoms with Crippen LogP contribution >= 0.6 is 0 Å².